The van der Waals surface area contributed by atoms with Crippen LogP contribution in [-0.2, 0) is 6.42 Å². The average Bonchev–Trinajstić information content (AvgIpc) is 2.46. The predicted octanol–water partition coefficient (Wildman–Crippen LogP) is 3.47. The monoisotopic (exact) mass is 290 g/mol. The normalized spacial score (nSPS) is 10.4. The molecule has 0 spiro atoms. The number of carboxylic acid groups (broad SMARTS) is 1. The number of aromatic carboxylic acids is 1. The van der Waals surface area contributed by atoms with E-state index in [1.165, 1.54) is 37.4 Å². The van der Waals surface area contributed by atoms with Crippen molar-refractivity contribution < 1.29 is 24.1 Å². The van der Waals surface area contributed by atoms with E-state index < -0.39 is 11.8 Å². The molecule has 21 heavy (non-hydrogen) atoms. The molecule has 0 fully saturated rings. The van der Waals surface area contributed by atoms with Gasteiger partial charge < -0.3 is 14.9 Å². The fraction of sp³-hybridized carbons (Fsp3) is 0.188. The van der Waals surface area contributed by atoms with Gasteiger partial charge in [-0.05, 0) is 41.8 Å². The standard InChI is InChI=1S/C16H15FO4/c1-3-9-6-14(18)13(16(19)20)8-12(9)11-5-4-10(17)7-15(11)21-2/h4-8,18H,3H2,1-2H3,(H,19,20). The maximum atomic E-state index is 13.3. The summed E-state index contributed by atoms with van der Waals surface area (Å²) in [7, 11) is 1.42. The zero-order valence-electron chi connectivity index (χ0n) is 11.7. The molecule has 0 unspecified atom stereocenters. The van der Waals surface area contributed by atoms with Crippen LogP contribution in [0.5, 0.6) is 11.5 Å². The Balaban J connectivity index is 2.73. The zero-order valence-corrected chi connectivity index (χ0v) is 11.7. The van der Waals surface area contributed by atoms with Crippen LogP contribution in [0, 0.1) is 5.82 Å². The van der Waals surface area contributed by atoms with E-state index in [1.807, 2.05) is 6.92 Å². The van der Waals surface area contributed by atoms with Crippen molar-refractivity contribution in [2.45, 2.75) is 13.3 Å². The fourth-order valence-corrected chi connectivity index (χ4v) is 2.23. The predicted molar refractivity (Wildman–Crippen MR) is 76.4 cm³/mol. The lowest BCUT2D eigenvalue weighted by Gasteiger charge is -2.14. The summed E-state index contributed by atoms with van der Waals surface area (Å²) >= 11 is 0. The first kappa shape index (κ1) is 14.8. The minimum Gasteiger partial charge on any atom is -0.507 e. The highest BCUT2D eigenvalue weighted by atomic mass is 19.1. The summed E-state index contributed by atoms with van der Waals surface area (Å²) in [6.07, 6.45) is 0.587. The van der Waals surface area contributed by atoms with E-state index in [4.69, 9.17) is 9.84 Å². The van der Waals surface area contributed by atoms with Crippen LogP contribution < -0.4 is 4.74 Å². The number of phenols is 1. The van der Waals surface area contributed by atoms with Gasteiger partial charge in [0.2, 0.25) is 0 Å². The second-order valence-corrected chi connectivity index (χ2v) is 4.53. The Morgan fingerprint density at radius 3 is 2.52 bits per heavy atom. The molecule has 4 nitrogen and oxygen atoms in total. The summed E-state index contributed by atoms with van der Waals surface area (Å²) in [5, 5.41) is 18.9. The smallest absolute Gasteiger partial charge is 0.339 e. The van der Waals surface area contributed by atoms with Gasteiger partial charge in [-0.25, -0.2) is 9.18 Å². The highest BCUT2D eigenvalue weighted by Crippen LogP contribution is 2.36. The van der Waals surface area contributed by atoms with Gasteiger partial charge in [0.05, 0.1) is 7.11 Å². The molecule has 0 amide bonds. The summed E-state index contributed by atoms with van der Waals surface area (Å²) in [5.41, 5.74) is 1.73. The number of carbonyl (C=O) groups is 1. The largest absolute Gasteiger partial charge is 0.507 e. The van der Waals surface area contributed by atoms with Gasteiger partial charge in [0.25, 0.3) is 0 Å². The molecule has 0 saturated heterocycles. The van der Waals surface area contributed by atoms with Gasteiger partial charge >= 0.3 is 5.97 Å². The van der Waals surface area contributed by atoms with Crippen molar-refractivity contribution >= 4 is 5.97 Å². The SMILES string of the molecule is CCc1cc(O)c(C(=O)O)cc1-c1ccc(F)cc1OC. The number of aromatic hydroxyl groups is 1. The van der Waals surface area contributed by atoms with Gasteiger partial charge in [-0.1, -0.05) is 6.92 Å². The summed E-state index contributed by atoms with van der Waals surface area (Å²) < 4.78 is 18.5. The van der Waals surface area contributed by atoms with Crippen LogP contribution in [0.1, 0.15) is 22.8 Å². The molecule has 0 heterocycles. The Morgan fingerprint density at radius 1 is 1.24 bits per heavy atom. The first-order chi connectivity index (χ1) is 9.97. The third-order valence-corrected chi connectivity index (χ3v) is 3.29. The molecule has 2 N–H and O–H groups in total. The quantitative estimate of drug-likeness (QED) is 0.904. The van der Waals surface area contributed by atoms with Crippen molar-refractivity contribution in [3.05, 3.63) is 47.3 Å². The number of hydrogen-bond donors (Lipinski definition) is 2. The van der Waals surface area contributed by atoms with Crippen LogP contribution >= 0.6 is 0 Å². The van der Waals surface area contributed by atoms with Crippen molar-refractivity contribution in [3.8, 4) is 22.6 Å². The van der Waals surface area contributed by atoms with Crippen molar-refractivity contribution in [3.63, 3.8) is 0 Å². The second kappa shape index (κ2) is 5.83. The topological polar surface area (TPSA) is 66.8 Å². The molecule has 0 radical (unpaired) electrons. The summed E-state index contributed by atoms with van der Waals surface area (Å²) in [6.45, 7) is 1.88. The summed E-state index contributed by atoms with van der Waals surface area (Å²) in [4.78, 5) is 11.2. The Morgan fingerprint density at radius 2 is 1.95 bits per heavy atom. The zero-order chi connectivity index (χ0) is 15.6. The molecular formula is C16H15FO4. The maximum Gasteiger partial charge on any atom is 0.339 e. The molecule has 0 saturated carbocycles. The molecule has 5 heteroatoms. The molecular weight excluding hydrogens is 275 g/mol. The molecule has 0 aromatic heterocycles. The number of ether oxygens (including phenoxy) is 1. The first-order valence-corrected chi connectivity index (χ1v) is 6.41. The number of benzene rings is 2. The van der Waals surface area contributed by atoms with E-state index in [9.17, 15) is 14.3 Å². The Hall–Kier alpha value is -2.56. The van der Waals surface area contributed by atoms with Gasteiger partial charge in [0.1, 0.15) is 22.9 Å². The fourth-order valence-electron chi connectivity index (χ4n) is 2.23. The molecule has 0 bridgehead atoms. The summed E-state index contributed by atoms with van der Waals surface area (Å²) in [6, 6.07) is 6.85. The van der Waals surface area contributed by atoms with E-state index in [1.54, 1.807) is 0 Å². The highest BCUT2D eigenvalue weighted by molar-refractivity contribution is 5.93. The van der Waals surface area contributed by atoms with Crippen LogP contribution in [0.25, 0.3) is 11.1 Å². The van der Waals surface area contributed by atoms with Crippen molar-refractivity contribution in [2.24, 2.45) is 0 Å². The van der Waals surface area contributed by atoms with Crippen molar-refractivity contribution in [1.82, 2.24) is 0 Å². The van der Waals surface area contributed by atoms with Crippen LogP contribution in [0.4, 0.5) is 4.39 Å². The van der Waals surface area contributed by atoms with E-state index >= 15 is 0 Å². The first-order valence-electron chi connectivity index (χ1n) is 6.41. The van der Waals surface area contributed by atoms with Crippen molar-refractivity contribution in [1.29, 1.82) is 0 Å². The van der Waals surface area contributed by atoms with Gasteiger partial charge in [-0.2, -0.15) is 0 Å². The third-order valence-electron chi connectivity index (χ3n) is 3.29. The molecule has 0 aliphatic heterocycles. The van der Waals surface area contributed by atoms with Gasteiger partial charge in [0, 0.05) is 11.6 Å². The minimum absolute atomic E-state index is 0.200. The van der Waals surface area contributed by atoms with E-state index in [0.717, 1.165) is 5.56 Å². The van der Waals surface area contributed by atoms with Gasteiger partial charge in [-0.15, -0.1) is 0 Å². The lowest BCUT2D eigenvalue weighted by molar-refractivity contribution is 0.0694. The maximum absolute atomic E-state index is 13.3. The number of aryl methyl sites for hydroxylation is 1. The van der Waals surface area contributed by atoms with E-state index in [2.05, 4.69) is 0 Å². The molecule has 110 valence electrons. The highest BCUT2D eigenvalue weighted by Gasteiger charge is 2.17. The number of rotatable bonds is 4. The molecule has 0 aliphatic carbocycles. The van der Waals surface area contributed by atoms with Crippen LogP contribution in [0.3, 0.4) is 0 Å². The average molecular weight is 290 g/mol. The lowest BCUT2D eigenvalue weighted by Crippen LogP contribution is -2.00. The van der Waals surface area contributed by atoms with E-state index in [-0.39, 0.29) is 11.3 Å². The molecule has 2 aromatic carbocycles. The Labute approximate surface area is 121 Å². The Bertz CT molecular complexity index is 695. The summed E-state index contributed by atoms with van der Waals surface area (Å²) in [5.74, 6) is -1.64. The van der Waals surface area contributed by atoms with Gasteiger partial charge in [0.15, 0.2) is 0 Å². The molecule has 0 atom stereocenters. The number of hydrogen-bond acceptors (Lipinski definition) is 3. The third kappa shape index (κ3) is 2.81. The van der Waals surface area contributed by atoms with Crippen LogP contribution in [-0.4, -0.2) is 23.3 Å². The number of halogens is 1. The van der Waals surface area contributed by atoms with Gasteiger partial charge in [-0.3, -0.25) is 0 Å². The van der Waals surface area contributed by atoms with Crippen LogP contribution in [0.2, 0.25) is 0 Å². The molecule has 0 aliphatic rings. The Kier molecular flexibility index (Phi) is 4.12. The molecule has 2 rings (SSSR count). The molecule has 2 aromatic rings. The number of carboxylic acids is 1. The van der Waals surface area contributed by atoms with Crippen molar-refractivity contribution in [2.75, 3.05) is 7.11 Å². The minimum atomic E-state index is -1.22. The van der Waals surface area contributed by atoms with Crippen LogP contribution in [0.15, 0.2) is 30.3 Å². The second-order valence-electron chi connectivity index (χ2n) is 4.53. The number of methoxy groups -OCH3 is 1. The van der Waals surface area contributed by atoms with E-state index in [0.29, 0.717) is 23.3 Å². The lowest BCUT2D eigenvalue weighted by atomic mass is 9.94.